The first kappa shape index (κ1) is 16.2. The van der Waals surface area contributed by atoms with E-state index in [4.69, 9.17) is 0 Å². The van der Waals surface area contributed by atoms with E-state index in [1.807, 2.05) is 36.0 Å². The standard InChI is InChI=1S/C16H24N2O2S/c1-11(19)12-3-5-13(6-4-12)17-16(20)18-14-7-9-15(21-2)10-8-14/h3-6,11,14-15,19H,7-10H2,1-2H3,(H2,17,18,20). The third kappa shape index (κ3) is 4.93. The summed E-state index contributed by atoms with van der Waals surface area (Å²) in [4.78, 5) is 12.0. The Bertz CT molecular complexity index is 454. The van der Waals surface area contributed by atoms with E-state index in [9.17, 15) is 9.90 Å². The number of amides is 2. The van der Waals surface area contributed by atoms with Gasteiger partial charge in [0.15, 0.2) is 0 Å². The maximum Gasteiger partial charge on any atom is 0.319 e. The zero-order chi connectivity index (χ0) is 15.2. The molecule has 0 bridgehead atoms. The molecular formula is C16H24N2O2S. The van der Waals surface area contributed by atoms with Crippen molar-refractivity contribution in [1.82, 2.24) is 5.32 Å². The molecule has 1 atom stereocenters. The second-order valence-electron chi connectivity index (χ2n) is 5.61. The number of nitrogens with one attached hydrogen (secondary N) is 2. The van der Waals surface area contributed by atoms with Gasteiger partial charge in [0.1, 0.15) is 0 Å². The van der Waals surface area contributed by atoms with Crippen LogP contribution < -0.4 is 10.6 Å². The summed E-state index contributed by atoms with van der Waals surface area (Å²) in [6.45, 7) is 1.72. The number of carbonyl (C=O) groups is 1. The number of rotatable bonds is 4. The van der Waals surface area contributed by atoms with Crippen LogP contribution >= 0.6 is 11.8 Å². The van der Waals surface area contributed by atoms with Crippen LogP contribution in [-0.2, 0) is 0 Å². The topological polar surface area (TPSA) is 61.4 Å². The molecule has 1 fully saturated rings. The Morgan fingerprint density at radius 3 is 2.38 bits per heavy atom. The van der Waals surface area contributed by atoms with Crippen LogP contribution in [0.1, 0.15) is 44.3 Å². The third-order valence-corrected chi connectivity index (χ3v) is 5.13. The number of hydrogen-bond donors (Lipinski definition) is 3. The lowest BCUT2D eigenvalue weighted by molar-refractivity contribution is 0.199. The fraction of sp³-hybridized carbons (Fsp3) is 0.562. The predicted molar refractivity (Wildman–Crippen MR) is 88.8 cm³/mol. The summed E-state index contributed by atoms with van der Waals surface area (Å²) in [5, 5.41) is 16.1. The number of aliphatic hydroxyl groups is 1. The van der Waals surface area contributed by atoms with Crippen molar-refractivity contribution < 1.29 is 9.90 Å². The number of thioether (sulfide) groups is 1. The first-order chi connectivity index (χ1) is 10.1. The van der Waals surface area contributed by atoms with Crippen molar-refractivity contribution in [2.75, 3.05) is 11.6 Å². The van der Waals surface area contributed by atoms with Gasteiger partial charge in [-0.1, -0.05) is 12.1 Å². The Morgan fingerprint density at radius 1 is 1.24 bits per heavy atom. The molecule has 1 aromatic rings. The molecule has 0 radical (unpaired) electrons. The Balaban J connectivity index is 1.79. The average Bonchev–Trinajstić information content (AvgIpc) is 2.48. The lowest BCUT2D eigenvalue weighted by atomic mass is 9.95. The Labute approximate surface area is 130 Å². The third-order valence-electron chi connectivity index (χ3n) is 3.99. The van der Waals surface area contributed by atoms with Gasteiger partial charge in [0, 0.05) is 17.0 Å². The number of hydrogen-bond acceptors (Lipinski definition) is 3. The predicted octanol–water partition coefficient (Wildman–Crippen LogP) is 3.54. The van der Waals surface area contributed by atoms with Crippen molar-refractivity contribution in [3.8, 4) is 0 Å². The van der Waals surface area contributed by atoms with Crippen LogP contribution in [0.5, 0.6) is 0 Å². The van der Waals surface area contributed by atoms with Crippen LogP contribution in [0.3, 0.4) is 0 Å². The fourth-order valence-electron chi connectivity index (χ4n) is 2.64. The van der Waals surface area contributed by atoms with E-state index in [0.717, 1.165) is 29.3 Å². The van der Waals surface area contributed by atoms with Gasteiger partial charge in [0.2, 0.25) is 0 Å². The molecule has 0 aliphatic heterocycles. The SMILES string of the molecule is CSC1CCC(NC(=O)Nc2ccc(C(C)O)cc2)CC1. The normalized spacial score (nSPS) is 23.4. The minimum atomic E-state index is -0.487. The van der Waals surface area contributed by atoms with Gasteiger partial charge in [-0.2, -0.15) is 11.8 Å². The molecule has 0 heterocycles. The highest BCUT2D eigenvalue weighted by molar-refractivity contribution is 7.99. The summed E-state index contributed by atoms with van der Waals surface area (Å²) in [6, 6.07) is 7.41. The first-order valence-corrected chi connectivity index (χ1v) is 8.75. The van der Waals surface area contributed by atoms with Gasteiger partial charge in [0.25, 0.3) is 0 Å². The molecule has 0 aromatic heterocycles. The highest BCUT2D eigenvalue weighted by atomic mass is 32.2. The molecular weight excluding hydrogens is 284 g/mol. The van der Waals surface area contributed by atoms with E-state index in [1.54, 1.807) is 6.92 Å². The summed E-state index contributed by atoms with van der Waals surface area (Å²) in [5.41, 5.74) is 1.59. The molecule has 0 spiro atoms. The summed E-state index contributed by atoms with van der Waals surface area (Å²) >= 11 is 1.92. The average molecular weight is 308 g/mol. The highest BCUT2D eigenvalue weighted by Gasteiger charge is 2.21. The van der Waals surface area contributed by atoms with Crippen molar-refractivity contribution in [3.05, 3.63) is 29.8 Å². The number of urea groups is 1. The molecule has 21 heavy (non-hydrogen) atoms. The Kier molecular flexibility index (Phi) is 5.94. The number of anilines is 1. The van der Waals surface area contributed by atoms with Crippen molar-refractivity contribution in [1.29, 1.82) is 0 Å². The summed E-state index contributed by atoms with van der Waals surface area (Å²) in [6.07, 6.45) is 6.13. The van der Waals surface area contributed by atoms with Crippen LogP contribution in [0.25, 0.3) is 0 Å². The van der Waals surface area contributed by atoms with Crippen LogP contribution in [0.15, 0.2) is 24.3 Å². The van der Waals surface area contributed by atoms with Crippen molar-refractivity contribution in [2.24, 2.45) is 0 Å². The van der Waals surface area contributed by atoms with Gasteiger partial charge in [-0.25, -0.2) is 4.79 Å². The molecule has 2 amide bonds. The van der Waals surface area contributed by atoms with Gasteiger partial charge in [-0.3, -0.25) is 0 Å². The largest absolute Gasteiger partial charge is 0.389 e. The van der Waals surface area contributed by atoms with E-state index in [2.05, 4.69) is 16.9 Å². The van der Waals surface area contributed by atoms with Crippen LogP contribution in [0.2, 0.25) is 0 Å². The monoisotopic (exact) mass is 308 g/mol. The Hall–Kier alpha value is -1.20. The number of carbonyl (C=O) groups excluding carboxylic acids is 1. The van der Waals surface area contributed by atoms with Crippen molar-refractivity contribution in [2.45, 2.75) is 50.0 Å². The van der Waals surface area contributed by atoms with E-state index in [1.165, 1.54) is 12.8 Å². The minimum absolute atomic E-state index is 0.146. The maximum absolute atomic E-state index is 12.0. The van der Waals surface area contributed by atoms with Crippen LogP contribution in [0, 0.1) is 0 Å². The molecule has 1 aliphatic carbocycles. The lowest BCUT2D eigenvalue weighted by Gasteiger charge is -2.28. The molecule has 0 saturated heterocycles. The first-order valence-electron chi connectivity index (χ1n) is 7.47. The van der Waals surface area contributed by atoms with Gasteiger partial charge < -0.3 is 15.7 Å². The van der Waals surface area contributed by atoms with E-state index in [-0.39, 0.29) is 12.1 Å². The zero-order valence-corrected chi connectivity index (χ0v) is 13.5. The molecule has 1 unspecified atom stereocenters. The van der Waals surface area contributed by atoms with Gasteiger partial charge in [-0.05, 0) is 56.6 Å². The van der Waals surface area contributed by atoms with Crippen LogP contribution in [0.4, 0.5) is 10.5 Å². The maximum atomic E-state index is 12.0. The van der Waals surface area contributed by atoms with Crippen molar-refractivity contribution in [3.63, 3.8) is 0 Å². The smallest absolute Gasteiger partial charge is 0.319 e. The van der Waals surface area contributed by atoms with Gasteiger partial charge in [-0.15, -0.1) is 0 Å². The highest BCUT2D eigenvalue weighted by Crippen LogP contribution is 2.26. The number of benzene rings is 1. The fourth-order valence-corrected chi connectivity index (χ4v) is 3.38. The van der Waals surface area contributed by atoms with Gasteiger partial charge >= 0.3 is 6.03 Å². The van der Waals surface area contributed by atoms with Crippen molar-refractivity contribution >= 4 is 23.5 Å². The second kappa shape index (κ2) is 7.71. The summed E-state index contributed by atoms with van der Waals surface area (Å²) in [5.74, 6) is 0. The second-order valence-corrected chi connectivity index (χ2v) is 6.74. The molecule has 2 rings (SSSR count). The van der Waals surface area contributed by atoms with Gasteiger partial charge in [0.05, 0.1) is 6.10 Å². The number of aliphatic hydroxyl groups excluding tert-OH is 1. The molecule has 1 aliphatic rings. The Morgan fingerprint density at radius 2 is 1.86 bits per heavy atom. The van der Waals surface area contributed by atoms with E-state index in [0.29, 0.717) is 0 Å². The minimum Gasteiger partial charge on any atom is -0.389 e. The van der Waals surface area contributed by atoms with Crippen LogP contribution in [-0.4, -0.2) is 28.7 Å². The molecule has 1 saturated carbocycles. The lowest BCUT2D eigenvalue weighted by Crippen LogP contribution is -2.40. The molecule has 3 N–H and O–H groups in total. The molecule has 1 aromatic carbocycles. The van der Waals surface area contributed by atoms with E-state index < -0.39 is 6.10 Å². The van der Waals surface area contributed by atoms with E-state index >= 15 is 0 Å². The quantitative estimate of drug-likeness (QED) is 0.797. The summed E-state index contributed by atoms with van der Waals surface area (Å²) < 4.78 is 0. The zero-order valence-electron chi connectivity index (χ0n) is 12.6. The molecule has 116 valence electrons. The molecule has 4 nitrogen and oxygen atoms in total. The summed E-state index contributed by atoms with van der Waals surface area (Å²) in [7, 11) is 0. The molecule has 5 heteroatoms.